The Morgan fingerprint density at radius 3 is 2.88 bits per heavy atom. The lowest BCUT2D eigenvalue weighted by atomic mass is 10.2. The summed E-state index contributed by atoms with van der Waals surface area (Å²) in [4.78, 5) is 0.149. The van der Waals surface area contributed by atoms with Crippen LogP contribution >= 0.6 is 12.2 Å². The van der Waals surface area contributed by atoms with Crippen molar-refractivity contribution in [2.75, 3.05) is 18.5 Å². The van der Waals surface area contributed by atoms with Gasteiger partial charge in [-0.15, -0.1) is 0 Å². The number of furan rings is 1. The highest BCUT2D eigenvalue weighted by Gasteiger charge is 2.17. The first kappa shape index (κ1) is 18.8. The molecule has 0 spiro atoms. The summed E-state index contributed by atoms with van der Waals surface area (Å²) in [7, 11) is -3.65. The van der Waals surface area contributed by atoms with Crippen LogP contribution in [0.4, 0.5) is 5.69 Å². The lowest BCUT2D eigenvalue weighted by molar-refractivity contribution is 0.114. The predicted octanol–water partition coefficient (Wildman–Crippen LogP) is 2.22. The highest BCUT2D eigenvalue weighted by Crippen LogP contribution is 2.16. The van der Waals surface area contributed by atoms with Crippen LogP contribution < -0.4 is 15.4 Å². The summed E-state index contributed by atoms with van der Waals surface area (Å²) in [6, 6.07) is 9.89. The molecule has 1 fully saturated rings. The van der Waals surface area contributed by atoms with Crippen molar-refractivity contribution < 1.29 is 17.6 Å². The molecule has 140 valence electrons. The number of benzene rings is 1. The van der Waals surface area contributed by atoms with Crippen molar-refractivity contribution in [1.29, 1.82) is 0 Å². The molecule has 0 bridgehead atoms. The van der Waals surface area contributed by atoms with E-state index in [0.29, 0.717) is 23.1 Å². The van der Waals surface area contributed by atoms with Gasteiger partial charge in [-0.05, 0) is 55.4 Å². The molecule has 1 saturated heterocycles. The van der Waals surface area contributed by atoms with Crippen LogP contribution in [0.25, 0.3) is 0 Å². The van der Waals surface area contributed by atoms with Crippen molar-refractivity contribution in [3.8, 4) is 0 Å². The van der Waals surface area contributed by atoms with Crippen molar-refractivity contribution in [3.63, 3.8) is 0 Å². The van der Waals surface area contributed by atoms with Crippen LogP contribution in [0, 0.1) is 0 Å². The monoisotopic (exact) mass is 395 g/mol. The smallest absolute Gasteiger partial charge is 0.241 e. The standard InChI is InChI=1S/C17H21N3O4S2/c21-26(22,19-12-15-6-3-9-24-15)16-7-1-4-13(10-16)20-17(25)18-11-14-5-2-8-23-14/h1,3-4,6-7,9-10,14,19H,2,5,8,11-12H2,(H2,18,20,25). The fraction of sp³-hybridized carbons (Fsp3) is 0.353. The summed E-state index contributed by atoms with van der Waals surface area (Å²) in [6.07, 6.45) is 3.76. The second-order valence-electron chi connectivity index (χ2n) is 5.90. The van der Waals surface area contributed by atoms with Gasteiger partial charge in [0, 0.05) is 18.8 Å². The van der Waals surface area contributed by atoms with Crippen LogP contribution in [0.1, 0.15) is 18.6 Å². The van der Waals surface area contributed by atoms with E-state index in [-0.39, 0.29) is 17.5 Å². The molecular weight excluding hydrogens is 374 g/mol. The molecule has 3 rings (SSSR count). The maximum Gasteiger partial charge on any atom is 0.241 e. The average molecular weight is 396 g/mol. The van der Waals surface area contributed by atoms with E-state index in [9.17, 15) is 8.42 Å². The van der Waals surface area contributed by atoms with E-state index in [2.05, 4.69) is 15.4 Å². The Hall–Kier alpha value is -1.94. The number of hydrogen-bond acceptors (Lipinski definition) is 5. The Labute approximate surface area is 158 Å². The van der Waals surface area contributed by atoms with Crippen molar-refractivity contribution in [2.24, 2.45) is 0 Å². The van der Waals surface area contributed by atoms with E-state index < -0.39 is 10.0 Å². The SMILES string of the molecule is O=S(=O)(NCc1ccco1)c1cccc(NC(=S)NCC2CCCO2)c1. The van der Waals surface area contributed by atoms with E-state index in [1.807, 2.05) is 0 Å². The van der Waals surface area contributed by atoms with Crippen molar-refractivity contribution in [1.82, 2.24) is 10.0 Å². The molecule has 0 aliphatic carbocycles. The molecule has 26 heavy (non-hydrogen) atoms. The van der Waals surface area contributed by atoms with E-state index in [0.717, 1.165) is 19.4 Å². The van der Waals surface area contributed by atoms with Crippen molar-refractivity contribution >= 4 is 33.0 Å². The third kappa shape index (κ3) is 5.28. The Kier molecular flexibility index (Phi) is 6.25. The topological polar surface area (TPSA) is 92.6 Å². The molecule has 0 amide bonds. The van der Waals surface area contributed by atoms with Crippen molar-refractivity contribution in [3.05, 3.63) is 48.4 Å². The second-order valence-corrected chi connectivity index (χ2v) is 8.08. The molecule has 0 radical (unpaired) electrons. The first-order chi connectivity index (χ1) is 12.5. The minimum absolute atomic E-state index is 0.0916. The molecule has 1 aromatic carbocycles. The number of thiocarbonyl (C=S) groups is 1. The van der Waals surface area contributed by atoms with E-state index in [1.165, 1.54) is 18.4 Å². The van der Waals surface area contributed by atoms with Gasteiger partial charge in [0.25, 0.3) is 0 Å². The van der Waals surface area contributed by atoms with Gasteiger partial charge in [-0.3, -0.25) is 0 Å². The van der Waals surface area contributed by atoms with E-state index >= 15 is 0 Å². The normalized spacial score (nSPS) is 17.2. The van der Waals surface area contributed by atoms with Gasteiger partial charge in [0.2, 0.25) is 10.0 Å². The Morgan fingerprint density at radius 1 is 1.27 bits per heavy atom. The second kappa shape index (κ2) is 8.63. The van der Waals surface area contributed by atoms with E-state index in [4.69, 9.17) is 21.4 Å². The molecule has 1 aromatic heterocycles. The minimum Gasteiger partial charge on any atom is -0.468 e. The van der Waals surface area contributed by atoms with Crippen LogP contribution in [-0.4, -0.2) is 32.8 Å². The molecule has 0 saturated carbocycles. The Balaban J connectivity index is 1.57. The van der Waals surface area contributed by atoms with Gasteiger partial charge < -0.3 is 19.8 Å². The minimum atomic E-state index is -3.65. The fourth-order valence-corrected chi connectivity index (χ4v) is 3.83. The lowest BCUT2D eigenvalue weighted by Crippen LogP contribution is -2.34. The summed E-state index contributed by atoms with van der Waals surface area (Å²) < 4.78 is 38.0. The largest absolute Gasteiger partial charge is 0.468 e. The summed E-state index contributed by atoms with van der Waals surface area (Å²) in [5, 5.41) is 6.52. The van der Waals surface area contributed by atoms with Gasteiger partial charge in [-0.1, -0.05) is 6.07 Å². The Bertz CT molecular complexity index is 831. The summed E-state index contributed by atoms with van der Waals surface area (Å²) in [5.41, 5.74) is 0.593. The first-order valence-electron chi connectivity index (χ1n) is 8.31. The van der Waals surface area contributed by atoms with Gasteiger partial charge in [-0.2, -0.15) is 0 Å². The molecule has 2 aromatic rings. The highest BCUT2D eigenvalue weighted by atomic mass is 32.2. The van der Waals surface area contributed by atoms with Crippen LogP contribution in [0.2, 0.25) is 0 Å². The quantitative estimate of drug-likeness (QED) is 0.619. The number of sulfonamides is 1. The maximum absolute atomic E-state index is 12.4. The molecule has 3 N–H and O–H groups in total. The molecule has 1 unspecified atom stereocenters. The number of hydrogen-bond donors (Lipinski definition) is 3. The molecule has 9 heteroatoms. The first-order valence-corrected chi connectivity index (χ1v) is 10.2. The molecule has 1 aliphatic heterocycles. The zero-order chi connectivity index (χ0) is 18.4. The van der Waals surface area contributed by atoms with Gasteiger partial charge in [-0.25, -0.2) is 13.1 Å². The number of rotatable bonds is 7. The van der Waals surface area contributed by atoms with Gasteiger partial charge in [0.05, 0.1) is 23.8 Å². The zero-order valence-corrected chi connectivity index (χ0v) is 15.7. The number of anilines is 1. The molecule has 7 nitrogen and oxygen atoms in total. The van der Waals surface area contributed by atoms with Crippen molar-refractivity contribution in [2.45, 2.75) is 30.4 Å². The summed E-state index contributed by atoms with van der Waals surface area (Å²) in [6.45, 7) is 1.51. The van der Waals surface area contributed by atoms with E-state index in [1.54, 1.807) is 24.3 Å². The average Bonchev–Trinajstić information content (AvgIpc) is 3.32. The van der Waals surface area contributed by atoms with Gasteiger partial charge in [0.15, 0.2) is 5.11 Å². The highest BCUT2D eigenvalue weighted by molar-refractivity contribution is 7.89. The van der Waals surface area contributed by atoms with Gasteiger partial charge >= 0.3 is 0 Å². The molecular formula is C17H21N3O4S2. The number of nitrogens with one attached hydrogen (secondary N) is 3. The molecule has 2 heterocycles. The molecule has 1 atom stereocenters. The fourth-order valence-electron chi connectivity index (χ4n) is 2.59. The zero-order valence-electron chi connectivity index (χ0n) is 14.1. The Morgan fingerprint density at radius 2 is 2.15 bits per heavy atom. The molecule has 1 aliphatic rings. The van der Waals surface area contributed by atoms with Gasteiger partial charge in [0.1, 0.15) is 5.76 Å². The van der Waals surface area contributed by atoms with Crippen LogP contribution in [0.3, 0.4) is 0 Å². The lowest BCUT2D eigenvalue weighted by Gasteiger charge is -2.14. The summed E-state index contributed by atoms with van der Waals surface area (Å²) >= 11 is 5.26. The predicted molar refractivity (Wildman–Crippen MR) is 102 cm³/mol. The third-order valence-electron chi connectivity index (χ3n) is 3.93. The van der Waals surface area contributed by atoms with Crippen LogP contribution in [0.15, 0.2) is 52.0 Å². The number of ether oxygens (including phenoxy) is 1. The van der Waals surface area contributed by atoms with Crippen LogP contribution in [0.5, 0.6) is 0 Å². The van der Waals surface area contributed by atoms with Crippen LogP contribution in [-0.2, 0) is 21.3 Å². The summed E-state index contributed by atoms with van der Waals surface area (Å²) in [5.74, 6) is 0.544. The third-order valence-corrected chi connectivity index (χ3v) is 5.58. The maximum atomic E-state index is 12.4.